The van der Waals surface area contributed by atoms with Gasteiger partial charge in [0.25, 0.3) is 5.91 Å². The van der Waals surface area contributed by atoms with Crippen LogP contribution in [0, 0.1) is 0 Å². The molecule has 1 heterocycles. The zero-order valence-corrected chi connectivity index (χ0v) is 17.3. The molecule has 1 aliphatic rings. The van der Waals surface area contributed by atoms with E-state index in [9.17, 15) is 13.2 Å². The van der Waals surface area contributed by atoms with Crippen LogP contribution >= 0.6 is 15.9 Å². The quantitative estimate of drug-likeness (QED) is 0.756. The first kappa shape index (κ1) is 20.0. The van der Waals surface area contributed by atoms with E-state index in [1.165, 1.54) is 16.4 Å². The Kier molecular flexibility index (Phi) is 6.31. The van der Waals surface area contributed by atoms with Gasteiger partial charge in [-0.2, -0.15) is 4.31 Å². The minimum absolute atomic E-state index is 0.119. The molecule has 2 aromatic rings. The summed E-state index contributed by atoms with van der Waals surface area (Å²) in [6, 6.07) is 13.6. The molecule has 1 atom stereocenters. The summed E-state index contributed by atoms with van der Waals surface area (Å²) in [6.45, 7) is 3.28. The predicted molar refractivity (Wildman–Crippen MR) is 106 cm³/mol. The molecule has 6 nitrogen and oxygen atoms in total. The third kappa shape index (κ3) is 4.76. The molecule has 8 heteroatoms. The Bertz CT molecular complexity index is 910. The monoisotopic (exact) mass is 452 g/mol. The van der Waals surface area contributed by atoms with E-state index < -0.39 is 10.0 Å². The molecule has 1 saturated heterocycles. The molecule has 27 heavy (non-hydrogen) atoms. The summed E-state index contributed by atoms with van der Waals surface area (Å²) in [6.07, 6.45) is 0. The van der Waals surface area contributed by atoms with Crippen molar-refractivity contribution < 1.29 is 17.9 Å². The Balaban J connectivity index is 1.76. The second kappa shape index (κ2) is 8.52. The van der Waals surface area contributed by atoms with Crippen molar-refractivity contribution in [2.75, 3.05) is 26.3 Å². The van der Waals surface area contributed by atoms with E-state index in [2.05, 4.69) is 21.2 Å². The van der Waals surface area contributed by atoms with E-state index in [0.29, 0.717) is 31.9 Å². The molecule has 0 aliphatic carbocycles. The second-order valence-electron chi connectivity index (χ2n) is 6.29. The molecule has 1 aliphatic heterocycles. The van der Waals surface area contributed by atoms with E-state index in [1.54, 1.807) is 12.1 Å². The van der Waals surface area contributed by atoms with E-state index in [-0.39, 0.29) is 16.8 Å². The molecular weight excluding hydrogens is 432 g/mol. The number of sulfonamides is 1. The lowest BCUT2D eigenvalue weighted by Gasteiger charge is -2.26. The molecular formula is C19H21BrN2O4S. The van der Waals surface area contributed by atoms with Crippen LogP contribution < -0.4 is 5.32 Å². The molecule has 2 aromatic carbocycles. The summed E-state index contributed by atoms with van der Waals surface area (Å²) in [5, 5.41) is 2.91. The van der Waals surface area contributed by atoms with Gasteiger partial charge < -0.3 is 10.1 Å². The minimum atomic E-state index is -3.64. The van der Waals surface area contributed by atoms with Crippen LogP contribution in [0.2, 0.25) is 0 Å². The lowest BCUT2D eigenvalue weighted by molar-refractivity contribution is 0.0730. The molecule has 3 rings (SSSR count). The molecule has 0 bridgehead atoms. The molecule has 1 fully saturated rings. The highest BCUT2D eigenvalue weighted by Gasteiger charge is 2.27. The summed E-state index contributed by atoms with van der Waals surface area (Å²) in [7, 11) is -3.64. The fourth-order valence-electron chi connectivity index (χ4n) is 2.85. The number of hydrogen-bond donors (Lipinski definition) is 1. The molecule has 0 radical (unpaired) electrons. The van der Waals surface area contributed by atoms with Gasteiger partial charge in [-0.15, -0.1) is 0 Å². The first-order valence-corrected chi connectivity index (χ1v) is 10.9. The highest BCUT2D eigenvalue weighted by Crippen LogP contribution is 2.20. The van der Waals surface area contributed by atoms with Gasteiger partial charge in [0.1, 0.15) is 0 Å². The van der Waals surface area contributed by atoms with Crippen molar-refractivity contribution in [2.24, 2.45) is 0 Å². The number of carbonyl (C=O) groups is 1. The number of benzene rings is 2. The molecule has 1 amide bonds. The largest absolute Gasteiger partial charge is 0.379 e. The van der Waals surface area contributed by atoms with Crippen molar-refractivity contribution in [1.29, 1.82) is 0 Å². The van der Waals surface area contributed by atoms with Crippen LogP contribution in [0.1, 0.15) is 28.9 Å². The zero-order chi connectivity index (χ0) is 19.4. The van der Waals surface area contributed by atoms with Crippen molar-refractivity contribution in [3.05, 3.63) is 64.1 Å². The van der Waals surface area contributed by atoms with Crippen molar-refractivity contribution in [2.45, 2.75) is 17.9 Å². The smallest absolute Gasteiger partial charge is 0.251 e. The number of nitrogens with zero attached hydrogens (tertiary/aromatic N) is 1. The van der Waals surface area contributed by atoms with Gasteiger partial charge in [-0.1, -0.05) is 34.1 Å². The molecule has 0 saturated carbocycles. The Morgan fingerprint density at radius 3 is 2.48 bits per heavy atom. The van der Waals surface area contributed by atoms with Crippen LogP contribution in [0.25, 0.3) is 0 Å². The lowest BCUT2D eigenvalue weighted by Crippen LogP contribution is -2.40. The number of hydrogen-bond acceptors (Lipinski definition) is 4. The van der Waals surface area contributed by atoms with Gasteiger partial charge in [0.15, 0.2) is 0 Å². The average molecular weight is 453 g/mol. The number of nitrogens with one attached hydrogen (secondary N) is 1. The van der Waals surface area contributed by atoms with Gasteiger partial charge in [-0.05, 0) is 42.8 Å². The second-order valence-corrected chi connectivity index (χ2v) is 9.14. The van der Waals surface area contributed by atoms with Crippen molar-refractivity contribution in [3.63, 3.8) is 0 Å². The van der Waals surface area contributed by atoms with Crippen molar-refractivity contribution >= 4 is 31.9 Å². The first-order valence-electron chi connectivity index (χ1n) is 8.62. The van der Waals surface area contributed by atoms with Crippen LogP contribution in [0.5, 0.6) is 0 Å². The number of amides is 1. The van der Waals surface area contributed by atoms with Gasteiger partial charge >= 0.3 is 0 Å². The van der Waals surface area contributed by atoms with Gasteiger partial charge in [0.2, 0.25) is 10.0 Å². The number of halogens is 1. The highest BCUT2D eigenvalue weighted by atomic mass is 79.9. The van der Waals surface area contributed by atoms with Crippen LogP contribution in [-0.2, 0) is 14.8 Å². The number of carbonyl (C=O) groups excluding carboxylic acids is 1. The van der Waals surface area contributed by atoms with Gasteiger partial charge in [0.05, 0.1) is 24.2 Å². The standard InChI is InChI=1S/C19H21BrN2O4S/c1-14(15-5-7-17(20)8-6-15)21-19(23)16-3-2-4-18(13-16)27(24,25)22-9-11-26-12-10-22/h2-8,13-14H,9-12H2,1H3,(H,21,23)/t14-/m1/s1. The van der Waals surface area contributed by atoms with E-state index in [0.717, 1.165) is 10.0 Å². The Labute approximate surface area is 167 Å². The maximum atomic E-state index is 12.8. The summed E-state index contributed by atoms with van der Waals surface area (Å²) in [5.41, 5.74) is 1.27. The third-order valence-electron chi connectivity index (χ3n) is 4.42. The van der Waals surface area contributed by atoms with Crippen LogP contribution in [0.4, 0.5) is 0 Å². The molecule has 1 N–H and O–H groups in total. The van der Waals surface area contributed by atoms with Gasteiger partial charge in [-0.25, -0.2) is 8.42 Å². The third-order valence-corrected chi connectivity index (χ3v) is 6.84. The minimum Gasteiger partial charge on any atom is -0.379 e. The molecule has 0 spiro atoms. The zero-order valence-electron chi connectivity index (χ0n) is 14.9. The Morgan fingerprint density at radius 2 is 1.81 bits per heavy atom. The normalized spacial score (nSPS) is 16.7. The summed E-state index contributed by atoms with van der Waals surface area (Å²) >= 11 is 3.39. The summed E-state index contributed by atoms with van der Waals surface area (Å²) in [5.74, 6) is -0.315. The molecule has 144 valence electrons. The fourth-order valence-corrected chi connectivity index (χ4v) is 4.57. The Morgan fingerprint density at radius 1 is 1.15 bits per heavy atom. The number of morpholine rings is 1. The molecule has 0 unspecified atom stereocenters. The van der Waals surface area contributed by atoms with Crippen LogP contribution in [0.3, 0.4) is 0 Å². The summed E-state index contributed by atoms with van der Waals surface area (Å²) in [4.78, 5) is 12.7. The van der Waals surface area contributed by atoms with Crippen molar-refractivity contribution in [3.8, 4) is 0 Å². The fraction of sp³-hybridized carbons (Fsp3) is 0.316. The van der Waals surface area contributed by atoms with Gasteiger partial charge in [0, 0.05) is 23.1 Å². The summed E-state index contributed by atoms with van der Waals surface area (Å²) < 4.78 is 33.1. The SMILES string of the molecule is C[C@@H](NC(=O)c1cccc(S(=O)(=O)N2CCOCC2)c1)c1ccc(Br)cc1. The maximum absolute atomic E-state index is 12.8. The molecule has 0 aromatic heterocycles. The van der Waals surface area contributed by atoms with Gasteiger partial charge in [-0.3, -0.25) is 4.79 Å². The average Bonchev–Trinajstić information content (AvgIpc) is 2.69. The topological polar surface area (TPSA) is 75.7 Å². The number of ether oxygens (including phenoxy) is 1. The Hall–Kier alpha value is -1.74. The van der Waals surface area contributed by atoms with Crippen molar-refractivity contribution in [1.82, 2.24) is 9.62 Å². The highest BCUT2D eigenvalue weighted by molar-refractivity contribution is 9.10. The first-order chi connectivity index (χ1) is 12.9. The van der Waals surface area contributed by atoms with E-state index in [1.807, 2.05) is 31.2 Å². The van der Waals surface area contributed by atoms with Crippen LogP contribution in [-0.4, -0.2) is 44.9 Å². The van der Waals surface area contributed by atoms with E-state index in [4.69, 9.17) is 4.74 Å². The lowest BCUT2D eigenvalue weighted by atomic mass is 10.1. The van der Waals surface area contributed by atoms with E-state index >= 15 is 0 Å². The predicted octanol–water partition coefficient (Wildman–Crippen LogP) is 2.96. The number of rotatable bonds is 5. The maximum Gasteiger partial charge on any atom is 0.251 e. The van der Waals surface area contributed by atoms with Crippen LogP contribution in [0.15, 0.2) is 57.9 Å².